The van der Waals surface area contributed by atoms with E-state index in [0.29, 0.717) is 36.9 Å². The highest BCUT2D eigenvalue weighted by Gasteiger charge is 2.27. The molecule has 132 valence electrons. The quantitative estimate of drug-likeness (QED) is 0.884. The first-order valence-electron chi connectivity index (χ1n) is 8.06. The molecule has 0 spiro atoms. The van der Waals surface area contributed by atoms with Crippen molar-refractivity contribution in [3.05, 3.63) is 51.7 Å². The summed E-state index contributed by atoms with van der Waals surface area (Å²) in [6.07, 6.45) is 1.37. The van der Waals surface area contributed by atoms with Crippen LogP contribution in [0.25, 0.3) is 0 Å². The molecule has 0 aliphatic carbocycles. The van der Waals surface area contributed by atoms with E-state index in [-0.39, 0.29) is 17.6 Å². The molecule has 1 aliphatic rings. The number of aryl methyl sites for hydroxylation is 1. The zero-order valence-electron chi connectivity index (χ0n) is 14.5. The van der Waals surface area contributed by atoms with Gasteiger partial charge >= 0.3 is 0 Å². The molecule has 1 amide bonds. The monoisotopic (exact) mass is 343 g/mol. The normalized spacial score (nSPS) is 17.4. The third-order valence-corrected chi connectivity index (χ3v) is 3.97. The van der Waals surface area contributed by atoms with Crippen molar-refractivity contribution in [3.63, 3.8) is 0 Å². The number of aromatic amines is 1. The SMILES string of the molecule is Cc1cc(C(=O)N2CCO[C@@H](c3ccnc(N(C)C)n3)C2)cc(=O)[nH]1. The standard InChI is InChI=1S/C17H21N5O3/c1-11-8-12(9-15(23)19-11)16(24)22-6-7-25-14(10-22)13-4-5-18-17(20-13)21(2)3/h4-5,8-9,14H,6-7,10H2,1-3H3,(H,19,23)/t14-/m1/s1. The van der Waals surface area contributed by atoms with E-state index in [9.17, 15) is 9.59 Å². The number of hydrogen-bond acceptors (Lipinski definition) is 6. The van der Waals surface area contributed by atoms with Crippen LogP contribution in [0.4, 0.5) is 5.95 Å². The Morgan fingerprint density at radius 1 is 1.40 bits per heavy atom. The van der Waals surface area contributed by atoms with Gasteiger partial charge in [-0.1, -0.05) is 0 Å². The van der Waals surface area contributed by atoms with Crippen LogP contribution in [0.1, 0.15) is 27.8 Å². The fourth-order valence-electron chi connectivity index (χ4n) is 2.76. The van der Waals surface area contributed by atoms with Gasteiger partial charge in [0.1, 0.15) is 6.10 Å². The molecular weight excluding hydrogens is 322 g/mol. The summed E-state index contributed by atoms with van der Waals surface area (Å²) in [5, 5.41) is 0. The number of pyridine rings is 1. The molecule has 3 rings (SSSR count). The molecule has 1 atom stereocenters. The highest BCUT2D eigenvalue weighted by Crippen LogP contribution is 2.22. The summed E-state index contributed by atoms with van der Waals surface area (Å²) >= 11 is 0. The summed E-state index contributed by atoms with van der Waals surface area (Å²) in [5.74, 6) is 0.416. The maximum Gasteiger partial charge on any atom is 0.254 e. The van der Waals surface area contributed by atoms with E-state index in [1.165, 1.54) is 6.07 Å². The zero-order chi connectivity index (χ0) is 18.0. The first-order valence-corrected chi connectivity index (χ1v) is 8.06. The van der Waals surface area contributed by atoms with Gasteiger partial charge in [0.15, 0.2) is 0 Å². The molecule has 1 aliphatic heterocycles. The maximum atomic E-state index is 12.7. The number of hydrogen-bond donors (Lipinski definition) is 1. The molecule has 8 heteroatoms. The Morgan fingerprint density at radius 3 is 2.92 bits per heavy atom. The topological polar surface area (TPSA) is 91.4 Å². The lowest BCUT2D eigenvalue weighted by Gasteiger charge is -2.33. The highest BCUT2D eigenvalue weighted by atomic mass is 16.5. The Labute approximate surface area is 145 Å². The minimum atomic E-state index is -0.317. The number of H-pyrrole nitrogens is 1. The van der Waals surface area contributed by atoms with Crippen LogP contribution >= 0.6 is 0 Å². The van der Waals surface area contributed by atoms with E-state index in [2.05, 4.69) is 15.0 Å². The largest absolute Gasteiger partial charge is 0.368 e. The Kier molecular flexibility index (Phi) is 4.80. The van der Waals surface area contributed by atoms with Gasteiger partial charge in [-0.25, -0.2) is 9.97 Å². The average molecular weight is 343 g/mol. The molecular formula is C17H21N5O3. The van der Waals surface area contributed by atoms with Gasteiger partial charge in [0.05, 0.1) is 18.8 Å². The molecule has 3 heterocycles. The van der Waals surface area contributed by atoms with E-state index < -0.39 is 0 Å². The van der Waals surface area contributed by atoms with E-state index in [1.54, 1.807) is 30.2 Å². The van der Waals surface area contributed by atoms with Gasteiger partial charge in [-0.05, 0) is 19.1 Å². The Balaban J connectivity index is 1.80. The van der Waals surface area contributed by atoms with Crippen molar-refractivity contribution >= 4 is 11.9 Å². The van der Waals surface area contributed by atoms with Gasteiger partial charge in [-0.15, -0.1) is 0 Å². The van der Waals surface area contributed by atoms with Crippen LogP contribution < -0.4 is 10.5 Å². The van der Waals surface area contributed by atoms with Crippen molar-refractivity contribution in [3.8, 4) is 0 Å². The summed E-state index contributed by atoms with van der Waals surface area (Å²) in [7, 11) is 3.73. The molecule has 1 fully saturated rings. The van der Waals surface area contributed by atoms with Crippen LogP contribution in [-0.4, -0.2) is 59.6 Å². The van der Waals surface area contributed by atoms with Crippen molar-refractivity contribution in [2.75, 3.05) is 38.7 Å². The van der Waals surface area contributed by atoms with Gasteiger partial charge in [0, 0.05) is 44.2 Å². The lowest BCUT2D eigenvalue weighted by atomic mass is 10.1. The molecule has 2 aromatic heterocycles. The number of nitrogens with zero attached hydrogens (tertiary/aromatic N) is 4. The van der Waals surface area contributed by atoms with Crippen molar-refractivity contribution in [1.29, 1.82) is 0 Å². The predicted octanol–water partition coefficient (Wildman–Crippen LogP) is 0.753. The number of rotatable bonds is 3. The van der Waals surface area contributed by atoms with E-state index in [4.69, 9.17) is 4.74 Å². The van der Waals surface area contributed by atoms with Gasteiger partial charge in [-0.2, -0.15) is 0 Å². The summed E-state index contributed by atoms with van der Waals surface area (Å²) < 4.78 is 5.79. The predicted molar refractivity (Wildman–Crippen MR) is 92.8 cm³/mol. The summed E-state index contributed by atoms with van der Waals surface area (Å²) in [4.78, 5) is 39.2. The first kappa shape index (κ1) is 17.1. The lowest BCUT2D eigenvalue weighted by molar-refractivity contribution is -0.0247. The van der Waals surface area contributed by atoms with Crippen LogP contribution in [0, 0.1) is 6.92 Å². The van der Waals surface area contributed by atoms with Crippen LogP contribution in [0.3, 0.4) is 0 Å². The number of morpholine rings is 1. The van der Waals surface area contributed by atoms with E-state index in [0.717, 1.165) is 5.69 Å². The number of aromatic nitrogens is 3. The second-order valence-electron chi connectivity index (χ2n) is 6.20. The molecule has 0 bridgehead atoms. The van der Waals surface area contributed by atoms with Crippen molar-refractivity contribution < 1.29 is 9.53 Å². The van der Waals surface area contributed by atoms with Gasteiger partial charge in [0.25, 0.3) is 5.91 Å². The average Bonchev–Trinajstić information content (AvgIpc) is 2.60. The number of nitrogens with one attached hydrogen (secondary N) is 1. The van der Waals surface area contributed by atoms with Crippen LogP contribution in [0.15, 0.2) is 29.2 Å². The van der Waals surface area contributed by atoms with E-state index in [1.807, 2.05) is 19.0 Å². The fourth-order valence-corrected chi connectivity index (χ4v) is 2.76. The number of ether oxygens (including phenoxy) is 1. The number of carbonyl (C=O) groups excluding carboxylic acids is 1. The van der Waals surface area contributed by atoms with Crippen molar-refractivity contribution in [1.82, 2.24) is 19.9 Å². The molecule has 1 saturated heterocycles. The molecule has 1 N–H and O–H groups in total. The third kappa shape index (κ3) is 3.85. The van der Waals surface area contributed by atoms with Gasteiger partial charge in [0.2, 0.25) is 11.5 Å². The first-order chi connectivity index (χ1) is 11.9. The maximum absolute atomic E-state index is 12.7. The second-order valence-corrected chi connectivity index (χ2v) is 6.20. The molecule has 0 radical (unpaired) electrons. The molecule has 0 unspecified atom stereocenters. The molecule has 0 saturated carbocycles. The summed E-state index contributed by atoms with van der Waals surface area (Å²) in [5.41, 5.74) is 1.50. The van der Waals surface area contributed by atoms with E-state index >= 15 is 0 Å². The van der Waals surface area contributed by atoms with Crippen molar-refractivity contribution in [2.45, 2.75) is 13.0 Å². The second kappa shape index (κ2) is 7.02. The minimum absolute atomic E-state index is 0.176. The Bertz CT molecular complexity index is 833. The Hall–Kier alpha value is -2.74. The third-order valence-electron chi connectivity index (χ3n) is 3.97. The molecule has 25 heavy (non-hydrogen) atoms. The van der Waals surface area contributed by atoms with Gasteiger partial charge in [-0.3, -0.25) is 9.59 Å². The molecule has 0 aromatic carbocycles. The van der Waals surface area contributed by atoms with Gasteiger partial charge < -0.3 is 19.5 Å². The Morgan fingerprint density at radius 2 is 2.20 bits per heavy atom. The summed E-state index contributed by atoms with van der Waals surface area (Å²) in [6.45, 7) is 3.03. The van der Waals surface area contributed by atoms with Crippen molar-refractivity contribution in [2.24, 2.45) is 0 Å². The smallest absolute Gasteiger partial charge is 0.254 e. The molecule has 8 nitrogen and oxygen atoms in total. The van der Waals surface area contributed by atoms with Crippen LogP contribution in [0.2, 0.25) is 0 Å². The fraction of sp³-hybridized carbons (Fsp3) is 0.412. The minimum Gasteiger partial charge on any atom is -0.368 e. The molecule has 2 aromatic rings. The van der Waals surface area contributed by atoms with Crippen LogP contribution in [0.5, 0.6) is 0 Å². The summed E-state index contributed by atoms with van der Waals surface area (Å²) in [6, 6.07) is 4.81. The number of amides is 1. The number of carbonyl (C=O) groups is 1. The highest BCUT2D eigenvalue weighted by molar-refractivity contribution is 5.94. The van der Waals surface area contributed by atoms with Crippen LogP contribution in [-0.2, 0) is 4.74 Å². The lowest BCUT2D eigenvalue weighted by Crippen LogP contribution is -2.42. The zero-order valence-corrected chi connectivity index (χ0v) is 14.5. The number of anilines is 1.